The summed E-state index contributed by atoms with van der Waals surface area (Å²) in [4.78, 5) is 49.8. The van der Waals surface area contributed by atoms with Gasteiger partial charge in [-0.1, -0.05) is 79.9 Å². The molecule has 0 spiro atoms. The summed E-state index contributed by atoms with van der Waals surface area (Å²) in [5, 5.41) is 0. The first kappa shape index (κ1) is 44.6. The van der Waals surface area contributed by atoms with Crippen LogP contribution in [0.3, 0.4) is 0 Å². The minimum Gasteiger partial charge on any atom is -0.463 e. The Balaban J connectivity index is 1.32. The first-order valence-electron chi connectivity index (χ1n) is 22.1. The molecule has 14 atom stereocenters. The van der Waals surface area contributed by atoms with E-state index in [9.17, 15) is 19.2 Å². The predicted molar refractivity (Wildman–Crippen MR) is 213 cm³/mol. The minimum absolute atomic E-state index is 0.0775. The molecule has 1 aliphatic heterocycles. The maximum Gasteiger partial charge on any atom is 0.306 e. The van der Waals surface area contributed by atoms with Crippen molar-refractivity contribution in [2.45, 2.75) is 190 Å². The molecule has 5 rings (SSSR count). The second-order valence-corrected chi connectivity index (χ2v) is 19.5. The van der Waals surface area contributed by atoms with E-state index in [-0.39, 0.29) is 30.5 Å². The first-order valence-corrected chi connectivity index (χ1v) is 22.1. The van der Waals surface area contributed by atoms with Gasteiger partial charge in [-0.05, 0) is 116 Å². The van der Waals surface area contributed by atoms with Crippen LogP contribution in [0, 0.1) is 58.2 Å². The molecule has 0 aromatic heterocycles. The van der Waals surface area contributed by atoms with Crippen molar-refractivity contribution in [3.05, 3.63) is 11.6 Å². The van der Waals surface area contributed by atoms with Gasteiger partial charge in [0.15, 0.2) is 24.6 Å². The maximum atomic E-state index is 12.6. The summed E-state index contributed by atoms with van der Waals surface area (Å²) in [5.74, 6) is 2.97. The number of rotatable bonds is 15. The van der Waals surface area contributed by atoms with E-state index < -0.39 is 54.6 Å². The summed E-state index contributed by atoms with van der Waals surface area (Å²) in [5.41, 5.74) is 1.94. The van der Waals surface area contributed by atoms with Crippen molar-refractivity contribution in [2.24, 2.45) is 58.2 Å². The number of carbonyl (C=O) groups is 4. The van der Waals surface area contributed by atoms with Crippen LogP contribution in [-0.2, 0) is 47.6 Å². The molecular weight excluding hydrogens is 712 g/mol. The van der Waals surface area contributed by atoms with Crippen molar-refractivity contribution in [2.75, 3.05) is 6.61 Å². The van der Waals surface area contributed by atoms with Crippen molar-refractivity contribution < 1.29 is 47.6 Å². The zero-order valence-corrected chi connectivity index (χ0v) is 36.4. The van der Waals surface area contributed by atoms with Gasteiger partial charge in [-0.3, -0.25) is 19.2 Å². The van der Waals surface area contributed by atoms with Crippen LogP contribution in [0.25, 0.3) is 0 Å². The smallest absolute Gasteiger partial charge is 0.306 e. The SMILES string of the molecule is CCC(CCC(C)C1CCC2C3CC=C4CC(OC5OC(COC(=O)CC(C)C)C(OC(C)=O)C(OC(C)=O)C5OC(C)=O)CCC4(C)C3CCC12C)C(C)C. The van der Waals surface area contributed by atoms with Crippen molar-refractivity contribution in [1.29, 1.82) is 0 Å². The summed E-state index contributed by atoms with van der Waals surface area (Å²) in [6.45, 7) is 22.1. The standard InChI is InChI=1S/C46H74O10/c1-12-32(27(4)5)14-13-28(6)36-17-18-37-35-16-15-33-24-34(19-21-45(33,10)38(35)20-22-46(36,37)11)55-44-43(54-31(9)49)42(53-30(8)48)41(52-29(7)47)39(56-44)25-51-40(50)23-26(2)3/h15,26-28,32,34-39,41-44H,12-14,16-25H2,1-11H3. The van der Waals surface area contributed by atoms with Crippen molar-refractivity contribution >= 4 is 23.9 Å². The monoisotopic (exact) mass is 787 g/mol. The summed E-state index contributed by atoms with van der Waals surface area (Å²) in [6.07, 6.45) is 9.49. The second kappa shape index (κ2) is 18.6. The van der Waals surface area contributed by atoms with Crippen LogP contribution >= 0.6 is 0 Å². The van der Waals surface area contributed by atoms with E-state index in [0.29, 0.717) is 17.3 Å². The van der Waals surface area contributed by atoms with Gasteiger partial charge in [0.1, 0.15) is 12.7 Å². The Labute approximate surface area is 337 Å². The maximum absolute atomic E-state index is 12.6. The predicted octanol–water partition coefficient (Wildman–Crippen LogP) is 9.16. The number of fused-ring (bicyclic) bond motifs is 5. The number of allylic oxidation sites excluding steroid dienone is 1. The minimum atomic E-state index is -1.24. The topological polar surface area (TPSA) is 124 Å². The fourth-order valence-corrected chi connectivity index (χ4v) is 12.3. The zero-order chi connectivity index (χ0) is 41.1. The van der Waals surface area contributed by atoms with Crippen molar-refractivity contribution in [3.8, 4) is 0 Å². The second-order valence-electron chi connectivity index (χ2n) is 19.5. The normalized spacial score (nSPS) is 37.7. The van der Waals surface area contributed by atoms with Gasteiger partial charge >= 0.3 is 23.9 Å². The Morgan fingerprint density at radius 3 is 2.11 bits per heavy atom. The molecule has 10 heteroatoms. The number of hydrogen-bond donors (Lipinski definition) is 0. The molecule has 5 aliphatic rings. The Morgan fingerprint density at radius 1 is 0.821 bits per heavy atom. The molecule has 1 saturated heterocycles. The molecule has 4 aliphatic carbocycles. The lowest BCUT2D eigenvalue weighted by molar-refractivity contribution is -0.318. The molecule has 3 saturated carbocycles. The van der Waals surface area contributed by atoms with E-state index in [0.717, 1.165) is 55.3 Å². The van der Waals surface area contributed by atoms with E-state index in [1.807, 2.05) is 13.8 Å². The highest BCUT2D eigenvalue weighted by atomic mass is 16.7. The molecule has 1 heterocycles. The van der Waals surface area contributed by atoms with Crippen LogP contribution in [0.1, 0.15) is 153 Å². The van der Waals surface area contributed by atoms with E-state index in [1.54, 1.807) is 0 Å². The molecule has 10 nitrogen and oxygen atoms in total. The highest BCUT2D eigenvalue weighted by Crippen LogP contribution is 2.67. The lowest BCUT2D eigenvalue weighted by Gasteiger charge is -2.58. The number of hydrogen-bond acceptors (Lipinski definition) is 10. The van der Waals surface area contributed by atoms with Crippen LogP contribution in [0.4, 0.5) is 0 Å². The summed E-state index contributed by atoms with van der Waals surface area (Å²) in [7, 11) is 0. The van der Waals surface area contributed by atoms with Gasteiger partial charge in [-0.25, -0.2) is 0 Å². The van der Waals surface area contributed by atoms with Crippen LogP contribution in [0.15, 0.2) is 11.6 Å². The largest absolute Gasteiger partial charge is 0.463 e. The van der Waals surface area contributed by atoms with Gasteiger partial charge in [0, 0.05) is 27.2 Å². The Morgan fingerprint density at radius 2 is 1.48 bits per heavy atom. The van der Waals surface area contributed by atoms with Gasteiger partial charge in [0.05, 0.1) is 6.10 Å². The van der Waals surface area contributed by atoms with E-state index in [4.69, 9.17) is 28.4 Å². The molecule has 4 fully saturated rings. The fraction of sp³-hybridized carbons (Fsp3) is 0.870. The Hall–Kier alpha value is -2.46. The van der Waals surface area contributed by atoms with Crippen molar-refractivity contribution in [1.82, 2.24) is 0 Å². The third kappa shape index (κ3) is 9.86. The third-order valence-corrected chi connectivity index (χ3v) is 15.1. The van der Waals surface area contributed by atoms with Gasteiger partial charge in [0.25, 0.3) is 0 Å². The molecule has 56 heavy (non-hydrogen) atoms. The van der Waals surface area contributed by atoms with Crippen LogP contribution in [0.2, 0.25) is 0 Å². The zero-order valence-electron chi connectivity index (χ0n) is 36.4. The summed E-state index contributed by atoms with van der Waals surface area (Å²) in [6, 6.07) is 0. The molecule has 318 valence electrons. The van der Waals surface area contributed by atoms with E-state index in [1.165, 1.54) is 71.3 Å². The molecule has 0 radical (unpaired) electrons. The lowest BCUT2D eigenvalue weighted by atomic mass is 9.47. The number of ether oxygens (including phenoxy) is 6. The van der Waals surface area contributed by atoms with E-state index >= 15 is 0 Å². The molecule has 0 aromatic carbocycles. The molecule has 14 unspecified atom stereocenters. The van der Waals surface area contributed by atoms with Gasteiger partial charge in [-0.2, -0.15) is 0 Å². The summed E-state index contributed by atoms with van der Waals surface area (Å²) < 4.78 is 35.7. The van der Waals surface area contributed by atoms with E-state index in [2.05, 4.69) is 47.6 Å². The quantitative estimate of drug-likeness (QED) is 0.0902. The van der Waals surface area contributed by atoms with Gasteiger partial charge in [0.2, 0.25) is 0 Å². The van der Waals surface area contributed by atoms with Crippen LogP contribution in [0.5, 0.6) is 0 Å². The average Bonchev–Trinajstić information content (AvgIpc) is 3.46. The lowest BCUT2D eigenvalue weighted by Crippen LogP contribution is -2.63. The molecule has 0 amide bonds. The summed E-state index contributed by atoms with van der Waals surface area (Å²) >= 11 is 0. The van der Waals surface area contributed by atoms with Crippen LogP contribution < -0.4 is 0 Å². The van der Waals surface area contributed by atoms with Crippen LogP contribution in [-0.4, -0.2) is 67.3 Å². The fourth-order valence-electron chi connectivity index (χ4n) is 12.3. The molecular formula is C46H74O10. The molecule has 0 aromatic rings. The molecule has 0 N–H and O–H groups in total. The Bertz CT molecular complexity index is 1420. The van der Waals surface area contributed by atoms with Crippen molar-refractivity contribution in [3.63, 3.8) is 0 Å². The first-order chi connectivity index (χ1) is 26.4. The average molecular weight is 787 g/mol. The Kier molecular flexibility index (Phi) is 14.9. The van der Waals surface area contributed by atoms with Gasteiger partial charge in [-0.15, -0.1) is 0 Å². The third-order valence-electron chi connectivity index (χ3n) is 15.1. The number of esters is 4. The number of carbonyl (C=O) groups excluding carboxylic acids is 4. The van der Waals surface area contributed by atoms with Gasteiger partial charge < -0.3 is 28.4 Å². The highest BCUT2D eigenvalue weighted by molar-refractivity contribution is 5.70. The highest BCUT2D eigenvalue weighted by Gasteiger charge is 2.60. The molecule has 0 bridgehead atoms.